The quantitative estimate of drug-likeness (QED) is 0.579. The molecule has 6 nitrogen and oxygen atoms in total. The summed E-state index contributed by atoms with van der Waals surface area (Å²) in [5.41, 5.74) is 6.99. The number of hydrogen-bond acceptors (Lipinski definition) is 4. The zero-order valence-electron chi connectivity index (χ0n) is 15.7. The average molecular weight is 415 g/mol. The first-order valence-corrected chi connectivity index (χ1v) is 9.45. The van der Waals surface area contributed by atoms with E-state index in [0.717, 1.165) is 11.1 Å². The molecule has 146 valence electrons. The lowest BCUT2D eigenvalue weighted by Gasteiger charge is -2.22. The molecule has 2 amide bonds. The molecule has 0 unspecified atom stereocenters. The van der Waals surface area contributed by atoms with Crippen LogP contribution in [0.25, 0.3) is 0 Å². The molecule has 0 spiro atoms. The molecule has 2 rings (SSSR count). The maximum absolute atomic E-state index is 12.1. The summed E-state index contributed by atoms with van der Waals surface area (Å²) in [6, 6.07) is 18.7. The Kier molecular flexibility index (Phi) is 8.03. The zero-order valence-corrected chi connectivity index (χ0v) is 17.3. The molecule has 0 radical (unpaired) electrons. The van der Waals surface area contributed by atoms with E-state index in [4.69, 9.17) is 24.4 Å². The van der Waals surface area contributed by atoms with Gasteiger partial charge in [-0.15, -0.1) is 0 Å². The molecule has 0 fully saturated rings. The fourth-order valence-corrected chi connectivity index (χ4v) is 2.73. The Balaban J connectivity index is 1.76. The van der Waals surface area contributed by atoms with E-state index >= 15 is 0 Å². The summed E-state index contributed by atoms with van der Waals surface area (Å²) in [6.07, 6.45) is 0.0546. The van der Waals surface area contributed by atoms with Crippen LogP contribution in [0.2, 0.25) is 0 Å². The zero-order chi connectivity index (χ0) is 20.5. The molecule has 0 heterocycles. The van der Waals surface area contributed by atoms with Crippen LogP contribution in [-0.2, 0) is 9.59 Å². The maximum Gasteiger partial charge on any atom is 0.239 e. The molecule has 0 aromatic heterocycles. The lowest BCUT2D eigenvalue weighted by Crippen LogP contribution is -2.45. The maximum atomic E-state index is 12.1. The molecule has 0 saturated carbocycles. The van der Waals surface area contributed by atoms with Gasteiger partial charge in [-0.05, 0) is 0 Å². The summed E-state index contributed by atoms with van der Waals surface area (Å²) in [4.78, 5) is 25.2. The fourth-order valence-electron chi connectivity index (χ4n) is 2.36. The molecule has 0 aliphatic heterocycles. The van der Waals surface area contributed by atoms with Crippen molar-refractivity contribution in [3.63, 3.8) is 0 Å². The van der Waals surface area contributed by atoms with Gasteiger partial charge in [-0.3, -0.25) is 30.5 Å². The Morgan fingerprint density at radius 2 is 1.04 bits per heavy atom. The van der Waals surface area contributed by atoms with E-state index in [1.54, 1.807) is 14.1 Å². The Labute approximate surface area is 175 Å². The highest BCUT2D eigenvalue weighted by molar-refractivity contribution is 7.80. The summed E-state index contributed by atoms with van der Waals surface area (Å²) in [5.74, 6) is -0.603. The number of carbonyl (C=O) groups excluding carboxylic acids is 2. The van der Waals surface area contributed by atoms with E-state index in [2.05, 4.69) is 10.9 Å². The van der Waals surface area contributed by atoms with Crippen molar-refractivity contribution in [2.45, 2.75) is 12.8 Å². The van der Waals surface area contributed by atoms with Crippen molar-refractivity contribution in [2.75, 3.05) is 14.1 Å². The van der Waals surface area contributed by atoms with Crippen LogP contribution < -0.4 is 10.9 Å². The molecular formula is C20H22N4O2S2. The van der Waals surface area contributed by atoms with Crippen molar-refractivity contribution in [1.29, 1.82) is 0 Å². The van der Waals surface area contributed by atoms with Gasteiger partial charge in [0.2, 0.25) is 11.8 Å². The highest BCUT2D eigenvalue weighted by Gasteiger charge is 2.14. The summed E-state index contributed by atoms with van der Waals surface area (Å²) in [6.45, 7) is 0. The van der Waals surface area contributed by atoms with E-state index in [1.165, 1.54) is 10.0 Å². The Bertz CT molecular complexity index is 772. The van der Waals surface area contributed by atoms with Gasteiger partial charge in [-0.1, -0.05) is 85.1 Å². The number of thiocarbonyl (C=S) groups is 2. The van der Waals surface area contributed by atoms with Gasteiger partial charge in [0.25, 0.3) is 0 Å². The number of hydrogen-bond donors (Lipinski definition) is 2. The normalized spacial score (nSPS) is 9.93. The predicted molar refractivity (Wildman–Crippen MR) is 117 cm³/mol. The van der Waals surface area contributed by atoms with Crippen LogP contribution in [0.1, 0.15) is 24.0 Å². The smallest absolute Gasteiger partial charge is 0.239 e. The van der Waals surface area contributed by atoms with Crippen LogP contribution >= 0.6 is 24.4 Å². The summed E-state index contributed by atoms with van der Waals surface area (Å²) >= 11 is 10.7. The number of nitrogens with one attached hydrogen (secondary N) is 2. The third kappa shape index (κ3) is 6.40. The number of benzene rings is 2. The average Bonchev–Trinajstić information content (AvgIpc) is 2.72. The second kappa shape index (κ2) is 10.5. The van der Waals surface area contributed by atoms with Gasteiger partial charge in [-0.25, -0.2) is 0 Å². The minimum absolute atomic E-state index is 0.0273. The first kappa shape index (κ1) is 21.5. The molecule has 0 aliphatic rings. The predicted octanol–water partition coefficient (Wildman–Crippen LogP) is 2.44. The van der Waals surface area contributed by atoms with E-state index < -0.39 is 0 Å². The molecule has 2 N–H and O–H groups in total. The molecular weight excluding hydrogens is 392 g/mol. The Morgan fingerprint density at radius 3 is 1.36 bits per heavy atom. The third-order valence-corrected chi connectivity index (χ3v) is 4.83. The van der Waals surface area contributed by atoms with Crippen LogP contribution in [0.3, 0.4) is 0 Å². The van der Waals surface area contributed by atoms with E-state index in [0.29, 0.717) is 9.98 Å². The summed E-state index contributed by atoms with van der Waals surface area (Å²) < 4.78 is 0. The number of rotatable bonds is 5. The standard InChI is InChI=1S/C20H22N4O2S2/c1-23(19(27)15-9-5-3-6-10-15)21-17(25)13-14-18(26)22-24(2)20(28)16-11-7-4-8-12-16/h3-12H,13-14H2,1-2H3,(H,21,25)(H,22,26). The summed E-state index contributed by atoms with van der Waals surface area (Å²) in [7, 11) is 3.33. The van der Waals surface area contributed by atoms with Crippen molar-refractivity contribution in [3.8, 4) is 0 Å². The van der Waals surface area contributed by atoms with Gasteiger partial charge < -0.3 is 0 Å². The number of carbonyl (C=O) groups is 2. The second-order valence-corrected chi connectivity index (χ2v) is 6.80. The lowest BCUT2D eigenvalue weighted by molar-refractivity contribution is -0.129. The van der Waals surface area contributed by atoms with Gasteiger partial charge in [0.1, 0.15) is 9.98 Å². The van der Waals surface area contributed by atoms with Crippen molar-refractivity contribution in [1.82, 2.24) is 20.9 Å². The minimum atomic E-state index is -0.302. The second-order valence-electron chi connectivity index (χ2n) is 6.03. The van der Waals surface area contributed by atoms with Gasteiger partial charge >= 0.3 is 0 Å². The molecule has 2 aromatic rings. The van der Waals surface area contributed by atoms with E-state index in [9.17, 15) is 9.59 Å². The van der Waals surface area contributed by atoms with E-state index in [1.807, 2.05) is 60.7 Å². The van der Waals surface area contributed by atoms with Gasteiger partial charge in [0.05, 0.1) is 0 Å². The minimum Gasteiger partial charge on any atom is -0.277 e. The molecule has 0 atom stereocenters. The topological polar surface area (TPSA) is 64.7 Å². The highest BCUT2D eigenvalue weighted by atomic mass is 32.1. The Hall–Kier alpha value is -2.84. The van der Waals surface area contributed by atoms with Gasteiger partial charge in [0.15, 0.2) is 0 Å². The van der Waals surface area contributed by atoms with Crippen molar-refractivity contribution < 1.29 is 9.59 Å². The molecule has 8 heteroatoms. The lowest BCUT2D eigenvalue weighted by atomic mass is 10.2. The molecule has 0 bridgehead atoms. The number of nitrogens with zero attached hydrogens (tertiary/aromatic N) is 2. The highest BCUT2D eigenvalue weighted by Crippen LogP contribution is 2.05. The molecule has 28 heavy (non-hydrogen) atoms. The van der Waals surface area contributed by atoms with Crippen LogP contribution in [-0.4, -0.2) is 45.9 Å². The largest absolute Gasteiger partial charge is 0.277 e. The Morgan fingerprint density at radius 1 is 0.714 bits per heavy atom. The molecule has 2 aromatic carbocycles. The van der Waals surface area contributed by atoms with Crippen molar-refractivity contribution in [2.24, 2.45) is 0 Å². The van der Waals surface area contributed by atoms with Crippen LogP contribution in [0.4, 0.5) is 0 Å². The number of amides is 2. The molecule has 0 aliphatic carbocycles. The van der Waals surface area contributed by atoms with Crippen molar-refractivity contribution in [3.05, 3.63) is 71.8 Å². The van der Waals surface area contributed by atoms with Crippen LogP contribution in [0.5, 0.6) is 0 Å². The SMILES string of the molecule is CN(NC(=O)CCC(=O)NN(C)C(=S)c1ccccc1)C(=S)c1ccccc1. The fraction of sp³-hybridized carbons (Fsp3) is 0.200. The van der Waals surface area contributed by atoms with Gasteiger partial charge in [-0.2, -0.15) is 0 Å². The summed E-state index contributed by atoms with van der Waals surface area (Å²) in [5, 5.41) is 2.95. The first-order valence-electron chi connectivity index (χ1n) is 8.63. The monoisotopic (exact) mass is 414 g/mol. The number of hydrazine groups is 2. The first-order chi connectivity index (χ1) is 13.4. The van der Waals surface area contributed by atoms with Gasteiger partial charge in [0, 0.05) is 38.1 Å². The van der Waals surface area contributed by atoms with Crippen molar-refractivity contribution >= 4 is 46.2 Å². The van der Waals surface area contributed by atoms with Crippen LogP contribution in [0, 0.1) is 0 Å². The van der Waals surface area contributed by atoms with E-state index in [-0.39, 0.29) is 24.7 Å². The van der Waals surface area contributed by atoms with Crippen LogP contribution in [0.15, 0.2) is 60.7 Å². The third-order valence-electron chi connectivity index (χ3n) is 3.81. The molecule has 0 saturated heterocycles.